The molecule has 0 atom stereocenters. The van der Waals surface area contributed by atoms with Crippen LogP contribution in [0, 0.1) is 19.8 Å². The summed E-state index contributed by atoms with van der Waals surface area (Å²) in [6, 6.07) is 0. The number of aromatic nitrogens is 2. The summed E-state index contributed by atoms with van der Waals surface area (Å²) in [5.74, 6) is 0.869. The van der Waals surface area contributed by atoms with Gasteiger partial charge >= 0.3 is 0 Å². The van der Waals surface area contributed by atoms with Crippen LogP contribution in [0.4, 0.5) is 0 Å². The molecule has 0 aliphatic carbocycles. The quantitative estimate of drug-likeness (QED) is 0.878. The molecule has 1 amide bonds. The van der Waals surface area contributed by atoms with E-state index in [0.717, 1.165) is 68.9 Å². The van der Waals surface area contributed by atoms with Crippen LogP contribution < -0.4 is 5.32 Å². The number of likely N-dealkylation sites (tertiary alicyclic amines) is 1. The van der Waals surface area contributed by atoms with Crippen molar-refractivity contribution in [3.05, 3.63) is 17.0 Å². The summed E-state index contributed by atoms with van der Waals surface area (Å²) >= 11 is 0. The highest BCUT2D eigenvalue weighted by Crippen LogP contribution is 2.21. The number of piperidine rings is 1. The van der Waals surface area contributed by atoms with E-state index in [2.05, 4.69) is 24.3 Å². The van der Waals surface area contributed by atoms with Crippen molar-refractivity contribution in [2.45, 2.75) is 53.5 Å². The van der Waals surface area contributed by atoms with Crippen LogP contribution in [0.2, 0.25) is 0 Å². The molecule has 2 rings (SSSR count). The number of amides is 1. The van der Waals surface area contributed by atoms with Gasteiger partial charge in [0.15, 0.2) is 0 Å². The van der Waals surface area contributed by atoms with Crippen molar-refractivity contribution in [2.24, 2.45) is 5.92 Å². The molecule has 1 saturated heterocycles. The van der Waals surface area contributed by atoms with Gasteiger partial charge in [-0.1, -0.05) is 13.8 Å². The van der Waals surface area contributed by atoms with E-state index in [1.54, 1.807) is 0 Å². The minimum absolute atomic E-state index is 0.166. The summed E-state index contributed by atoms with van der Waals surface area (Å²) in [5, 5.41) is 7.94. The van der Waals surface area contributed by atoms with E-state index in [1.165, 1.54) is 0 Å². The fourth-order valence-electron chi connectivity index (χ4n) is 3.28. The largest absolute Gasteiger partial charge is 0.339 e. The minimum atomic E-state index is 0.166. The zero-order chi connectivity index (χ0) is 16.1. The van der Waals surface area contributed by atoms with Crippen molar-refractivity contribution in [1.82, 2.24) is 20.0 Å². The minimum Gasteiger partial charge on any atom is -0.339 e. The third-order valence-electron chi connectivity index (χ3n) is 4.62. The topological polar surface area (TPSA) is 50.2 Å². The lowest BCUT2D eigenvalue weighted by Crippen LogP contribution is -2.41. The van der Waals surface area contributed by atoms with Crippen LogP contribution in [0.15, 0.2) is 0 Å². The monoisotopic (exact) mass is 306 g/mol. The predicted octanol–water partition coefficient (Wildman–Crippen LogP) is 2.37. The number of aryl methyl sites for hydroxylation is 2. The molecule has 0 radical (unpaired) electrons. The van der Waals surface area contributed by atoms with Gasteiger partial charge in [-0.2, -0.15) is 5.10 Å². The maximum atomic E-state index is 12.8. The zero-order valence-corrected chi connectivity index (χ0v) is 14.5. The van der Waals surface area contributed by atoms with Crippen LogP contribution in [-0.4, -0.2) is 46.8 Å². The molecule has 0 spiro atoms. The van der Waals surface area contributed by atoms with Crippen molar-refractivity contribution in [3.8, 4) is 0 Å². The van der Waals surface area contributed by atoms with Gasteiger partial charge in [0.05, 0.1) is 11.3 Å². The molecule has 1 N–H and O–H groups in total. The van der Waals surface area contributed by atoms with E-state index >= 15 is 0 Å². The van der Waals surface area contributed by atoms with E-state index in [0.29, 0.717) is 5.92 Å². The van der Waals surface area contributed by atoms with Gasteiger partial charge in [-0.3, -0.25) is 9.48 Å². The number of hydrogen-bond acceptors (Lipinski definition) is 3. The van der Waals surface area contributed by atoms with Crippen molar-refractivity contribution < 1.29 is 4.79 Å². The van der Waals surface area contributed by atoms with E-state index in [1.807, 2.05) is 23.4 Å². The Morgan fingerprint density at radius 3 is 2.55 bits per heavy atom. The Labute approximate surface area is 134 Å². The average Bonchev–Trinajstić information content (AvgIpc) is 2.80. The summed E-state index contributed by atoms with van der Waals surface area (Å²) in [7, 11) is 0. The molecule has 1 fully saturated rings. The maximum Gasteiger partial charge on any atom is 0.257 e. The second-order valence-corrected chi connectivity index (χ2v) is 6.31. The number of nitrogens with zero attached hydrogens (tertiary/aromatic N) is 3. The molecule has 2 heterocycles. The van der Waals surface area contributed by atoms with Crippen LogP contribution in [0.1, 0.15) is 54.9 Å². The Hall–Kier alpha value is -1.36. The summed E-state index contributed by atoms with van der Waals surface area (Å²) in [4.78, 5) is 14.8. The Kier molecular flexibility index (Phi) is 6.00. The highest BCUT2D eigenvalue weighted by Gasteiger charge is 2.27. The van der Waals surface area contributed by atoms with E-state index in [4.69, 9.17) is 0 Å². The second kappa shape index (κ2) is 7.77. The van der Waals surface area contributed by atoms with Gasteiger partial charge in [0.2, 0.25) is 0 Å². The molecule has 0 aromatic carbocycles. The smallest absolute Gasteiger partial charge is 0.257 e. The molecule has 1 aliphatic heterocycles. The third kappa shape index (κ3) is 3.69. The first-order valence-corrected chi connectivity index (χ1v) is 8.62. The molecule has 124 valence electrons. The van der Waals surface area contributed by atoms with Gasteiger partial charge < -0.3 is 10.2 Å². The average molecular weight is 306 g/mol. The van der Waals surface area contributed by atoms with Gasteiger partial charge in [0.1, 0.15) is 0 Å². The van der Waals surface area contributed by atoms with Gasteiger partial charge in [-0.15, -0.1) is 0 Å². The van der Waals surface area contributed by atoms with Crippen LogP contribution in [0.5, 0.6) is 0 Å². The number of carbonyl (C=O) groups excluding carboxylic acids is 1. The molecular formula is C17H30N4O. The summed E-state index contributed by atoms with van der Waals surface area (Å²) < 4.78 is 1.97. The van der Waals surface area contributed by atoms with Gasteiger partial charge in [0.25, 0.3) is 5.91 Å². The Balaban J connectivity index is 2.01. The summed E-state index contributed by atoms with van der Waals surface area (Å²) in [5.41, 5.74) is 2.70. The third-order valence-corrected chi connectivity index (χ3v) is 4.62. The second-order valence-electron chi connectivity index (χ2n) is 6.31. The van der Waals surface area contributed by atoms with Crippen LogP contribution in [0.25, 0.3) is 0 Å². The molecule has 22 heavy (non-hydrogen) atoms. The molecule has 5 heteroatoms. The van der Waals surface area contributed by atoms with Gasteiger partial charge in [0, 0.05) is 25.3 Å². The first-order chi connectivity index (χ1) is 10.6. The molecule has 1 aromatic rings. The Bertz CT molecular complexity index is 501. The van der Waals surface area contributed by atoms with Crippen LogP contribution >= 0.6 is 0 Å². The molecule has 0 bridgehead atoms. The molecular weight excluding hydrogens is 276 g/mol. The van der Waals surface area contributed by atoms with Crippen molar-refractivity contribution in [2.75, 3.05) is 26.2 Å². The van der Waals surface area contributed by atoms with Crippen LogP contribution in [-0.2, 0) is 6.54 Å². The molecule has 1 aromatic heterocycles. The molecule has 1 aliphatic rings. The first-order valence-electron chi connectivity index (χ1n) is 8.62. The molecule has 0 unspecified atom stereocenters. The van der Waals surface area contributed by atoms with Gasteiger partial charge in [-0.25, -0.2) is 0 Å². The predicted molar refractivity (Wildman–Crippen MR) is 89.2 cm³/mol. The number of carbonyl (C=O) groups is 1. The zero-order valence-electron chi connectivity index (χ0n) is 14.5. The summed E-state index contributed by atoms with van der Waals surface area (Å²) in [6.45, 7) is 12.9. The highest BCUT2D eigenvalue weighted by molar-refractivity contribution is 5.96. The van der Waals surface area contributed by atoms with E-state index in [-0.39, 0.29) is 5.91 Å². The maximum absolute atomic E-state index is 12.8. The lowest BCUT2D eigenvalue weighted by molar-refractivity contribution is 0.0688. The standard InChI is InChI=1S/C17H30N4O/c1-5-9-21-14(4)16(13(3)19-21)17(22)20-10-7-15(8-11-20)12-18-6-2/h15,18H,5-12H2,1-4H3. The fourth-order valence-corrected chi connectivity index (χ4v) is 3.28. The molecule has 5 nitrogen and oxygen atoms in total. The van der Waals surface area contributed by atoms with E-state index < -0.39 is 0 Å². The number of nitrogens with one attached hydrogen (secondary N) is 1. The normalized spacial score (nSPS) is 16.3. The van der Waals surface area contributed by atoms with Crippen molar-refractivity contribution in [3.63, 3.8) is 0 Å². The van der Waals surface area contributed by atoms with Crippen LogP contribution in [0.3, 0.4) is 0 Å². The molecule has 0 saturated carbocycles. The highest BCUT2D eigenvalue weighted by atomic mass is 16.2. The fraction of sp³-hybridized carbons (Fsp3) is 0.765. The van der Waals surface area contributed by atoms with Crippen molar-refractivity contribution >= 4 is 5.91 Å². The summed E-state index contributed by atoms with van der Waals surface area (Å²) in [6.07, 6.45) is 3.23. The Morgan fingerprint density at radius 1 is 1.27 bits per heavy atom. The lowest BCUT2D eigenvalue weighted by atomic mass is 9.96. The SMILES string of the molecule is CCCn1nc(C)c(C(=O)N2CCC(CNCC)CC2)c1C. The first kappa shape index (κ1) is 17.0. The number of hydrogen-bond donors (Lipinski definition) is 1. The van der Waals surface area contributed by atoms with E-state index in [9.17, 15) is 4.79 Å². The van der Waals surface area contributed by atoms with Crippen molar-refractivity contribution in [1.29, 1.82) is 0 Å². The lowest BCUT2D eigenvalue weighted by Gasteiger charge is -2.32. The Morgan fingerprint density at radius 2 is 1.95 bits per heavy atom. The number of rotatable bonds is 6. The van der Waals surface area contributed by atoms with Gasteiger partial charge in [-0.05, 0) is 52.1 Å².